The molecule has 0 atom stereocenters. The van der Waals surface area contributed by atoms with E-state index in [1.54, 1.807) is 6.07 Å². The van der Waals surface area contributed by atoms with Gasteiger partial charge in [-0.15, -0.1) is 0 Å². The Balaban J connectivity index is 1.65. The van der Waals surface area contributed by atoms with Crippen LogP contribution >= 0.6 is 0 Å². The Bertz CT molecular complexity index is 676. The maximum Gasteiger partial charge on any atom is 0.274 e. The molecule has 1 aromatic carbocycles. The fraction of sp³-hybridized carbons (Fsp3) is 0.421. The smallest absolute Gasteiger partial charge is 0.274 e. The number of carbonyl (C=O) groups is 1. The summed E-state index contributed by atoms with van der Waals surface area (Å²) in [6.07, 6.45) is 8.90. The van der Waals surface area contributed by atoms with E-state index in [0.717, 1.165) is 29.9 Å². The number of hydrogen-bond acceptors (Lipinski definition) is 4. The number of aryl methyl sites for hydroxylation is 1. The van der Waals surface area contributed by atoms with Gasteiger partial charge in [0.25, 0.3) is 5.91 Å². The van der Waals surface area contributed by atoms with Gasteiger partial charge in [0.1, 0.15) is 17.8 Å². The van der Waals surface area contributed by atoms with Crippen LogP contribution in [-0.4, -0.2) is 21.9 Å². The molecular formula is C19H24N4O. The summed E-state index contributed by atoms with van der Waals surface area (Å²) < 4.78 is 0. The van der Waals surface area contributed by atoms with E-state index >= 15 is 0 Å². The maximum absolute atomic E-state index is 12.4. The molecule has 0 unspecified atom stereocenters. The fourth-order valence-corrected chi connectivity index (χ4v) is 3.03. The second-order valence-electron chi connectivity index (χ2n) is 6.44. The van der Waals surface area contributed by atoms with Crippen molar-refractivity contribution in [2.24, 2.45) is 0 Å². The SMILES string of the molecule is Cc1ccc(NC(=O)c2cc(NC3CCCCCC3)ncn2)cc1. The summed E-state index contributed by atoms with van der Waals surface area (Å²) in [5.41, 5.74) is 2.30. The molecule has 1 heterocycles. The zero-order valence-corrected chi connectivity index (χ0v) is 14.1. The number of nitrogens with zero attached hydrogens (tertiary/aromatic N) is 2. The highest BCUT2D eigenvalue weighted by atomic mass is 16.1. The molecular weight excluding hydrogens is 300 g/mol. The number of anilines is 2. The third-order valence-corrected chi connectivity index (χ3v) is 4.42. The molecule has 126 valence electrons. The van der Waals surface area contributed by atoms with E-state index in [0.29, 0.717) is 11.7 Å². The molecule has 2 N–H and O–H groups in total. The molecule has 1 saturated carbocycles. The van der Waals surface area contributed by atoms with Crippen LogP contribution in [0, 0.1) is 6.92 Å². The van der Waals surface area contributed by atoms with Gasteiger partial charge >= 0.3 is 0 Å². The van der Waals surface area contributed by atoms with Gasteiger partial charge in [-0.3, -0.25) is 4.79 Å². The molecule has 2 aromatic rings. The van der Waals surface area contributed by atoms with Gasteiger partial charge in [0.15, 0.2) is 0 Å². The summed E-state index contributed by atoms with van der Waals surface area (Å²) in [5.74, 6) is 0.510. The predicted molar refractivity (Wildman–Crippen MR) is 96.3 cm³/mol. The van der Waals surface area contributed by atoms with E-state index in [9.17, 15) is 4.79 Å². The van der Waals surface area contributed by atoms with E-state index in [4.69, 9.17) is 0 Å². The second-order valence-corrected chi connectivity index (χ2v) is 6.44. The molecule has 1 aliphatic rings. The summed E-state index contributed by atoms with van der Waals surface area (Å²) in [4.78, 5) is 20.7. The van der Waals surface area contributed by atoms with Crippen molar-refractivity contribution in [1.82, 2.24) is 9.97 Å². The summed E-state index contributed by atoms with van der Waals surface area (Å²) in [6.45, 7) is 2.02. The van der Waals surface area contributed by atoms with E-state index in [-0.39, 0.29) is 5.91 Å². The van der Waals surface area contributed by atoms with Gasteiger partial charge in [-0.25, -0.2) is 9.97 Å². The molecule has 1 amide bonds. The summed E-state index contributed by atoms with van der Waals surface area (Å²) in [5, 5.41) is 6.33. The molecule has 24 heavy (non-hydrogen) atoms. The Labute approximate surface area is 142 Å². The molecule has 5 nitrogen and oxygen atoms in total. The van der Waals surface area contributed by atoms with E-state index in [2.05, 4.69) is 20.6 Å². The van der Waals surface area contributed by atoms with Crippen LogP contribution in [0.3, 0.4) is 0 Å². The van der Waals surface area contributed by atoms with Crippen LogP contribution < -0.4 is 10.6 Å². The van der Waals surface area contributed by atoms with E-state index in [1.807, 2.05) is 31.2 Å². The molecule has 0 radical (unpaired) electrons. The van der Waals surface area contributed by atoms with Crippen LogP contribution in [0.2, 0.25) is 0 Å². The standard InChI is InChI=1S/C19H24N4O/c1-14-8-10-16(11-9-14)23-19(24)17-12-18(21-13-20-17)22-15-6-4-2-3-5-7-15/h8-13,15H,2-7H2,1H3,(H,23,24)(H,20,21,22). The van der Waals surface area contributed by atoms with Crippen LogP contribution in [0.15, 0.2) is 36.7 Å². The van der Waals surface area contributed by atoms with Crippen molar-refractivity contribution in [2.75, 3.05) is 10.6 Å². The minimum absolute atomic E-state index is 0.217. The second kappa shape index (κ2) is 7.90. The van der Waals surface area contributed by atoms with Crippen molar-refractivity contribution in [2.45, 2.75) is 51.5 Å². The molecule has 1 aromatic heterocycles. The zero-order valence-electron chi connectivity index (χ0n) is 14.1. The summed E-state index contributed by atoms with van der Waals surface area (Å²) in [6, 6.07) is 9.88. The Hall–Kier alpha value is -2.43. The number of amides is 1. The van der Waals surface area contributed by atoms with E-state index in [1.165, 1.54) is 32.0 Å². The van der Waals surface area contributed by atoms with Gasteiger partial charge in [-0.05, 0) is 31.9 Å². The maximum atomic E-state index is 12.4. The third kappa shape index (κ3) is 4.54. The number of aromatic nitrogens is 2. The van der Waals surface area contributed by atoms with Gasteiger partial charge in [0, 0.05) is 17.8 Å². The monoisotopic (exact) mass is 324 g/mol. The fourth-order valence-electron chi connectivity index (χ4n) is 3.03. The largest absolute Gasteiger partial charge is 0.367 e. The van der Waals surface area contributed by atoms with Crippen LogP contribution in [-0.2, 0) is 0 Å². The summed E-state index contributed by atoms with van der Waals surface area (Å²) >= 11 is 0. The van der Waals surface area contributed by atoms with Crippen LogP contribution in [0.4, 0.5) is 11.5 Å². The average molecular weight is 324 g/mol. The highest BCUT2D eigenvalue weighted by Gasteiger charge is 2.14. The number of carbonyl (C=O) groups excluding carboxylic acids is 1. The topological polar surface area (TPSA) is 66.9 Å². The van der Waals surface area contributed by atoms with Gasteiger partial charge < -0.3 is 10.6 Å². The first-order valence-electron chi connectivity index (χ1n) is 8.67. The number of rotatable bonds is 4. The minimum Gasteiger partial charge on any atom is -0.367 e. The minimum atomic E-state index is -0.217. The number of nitrogens with one attached hydrogen (secondary N) is 2. The average Bonchev–Trinajstić information content (AvgIpc) is 2.86. The van der Waals surface area contributed by atoms with Crippen molar-refractivity contribution in [3.05, 3.63) is 47.9 Å². The molecule has 5 heteroatoms. The quantitative estimate of drug-likeness (QED) is 0.828. The molecule has 0 aliphatic heterocycles. The first kappa shape index (κ1) is 16.4. The lowest BCUT2D eigenvalue weighted by molar-refractivity contribution is 0.102. The molecule has 0 bridgehead atoms. The van der Waals surface area contributed by atoms with Gasteiger partial charge in [0.05, 0.1) is 0 Å². The Morgan fingerprint density at radius 3 is 2.46 bits per heavy atom. The lowest BCUT2D eigenvalue weighted by atomic mass is 10.1. The lowest BCUT2D eigenvalue weighted by Gasteiger charge is -2.17. The number of hydrogen-bond donors (Lipinski definition) is 2. The molecule has 1 fully saturated rings. The predicted octanol–water partition coefficient (Wildman–Crippen LogP) is 4.17. The highest BCUT2D eigenvalue weighted by Crippen LogP contribution is 2.20. The Morgan fingerprint density at radius 2 is 1.75 bits per heavy atom. The third-order valence-electron chi connectivity index (χ3n) is 4.42. The van der Waals surface area contributed by atoms with Crippen molar-refractivity contribution >= 4 is 17.4 Å². The normalized spacial score (nSPS) is 15.5. The number of benzene rings is 1. The van der Waals surface area contributed by atoms with Gasteiger partial charge in [0.2, 0.25) is 0 Å². The van der Waals surface area contributed by atoms with Crippen molar-refractivity contribution in [3.63, 3.8) is 0 Å². The highest BCUT2D eigenvalue weighted by molar-refractivity contribution is 6.03. The van der Waals surface area contributed by atoms with Crippen molar-refractivity contribution < 1.29 is 4.79 Å². The van der Waals surface area contributed by atoms with Crippen molar-refractivity contribution in [1.29, 1.82) is 0 Å². The molecule has 0 spiro atoms. The molecule has 1 aliphatic carbocycles. The Kier molecular flexibility index (Phi) is 5.41. The van der Waals surface area contributed by atoms with Gasteiger partial charge in [-0.2, -0.15) is 0 Å². The molecule has 0 saturated heterocycles. The van der Waals surface area contributed by atoms with Gasteiger partial charge in [-0.1, -0.05) is 43.4 Å². The zero-order chi connectivity index (χ0) is 16.8. The van der Waals surface area contributed by atoms with Crippen LogP contribution in [0.1, 0.15) is 54.6 Å². The van der Waals surface area contributed by atoms with E-state index < -0.39 is 0 Å². The van der Waals surface area contributed by atoms with Crippen LogP contribution in [0.25, 0.3) is 0 Å². The summed E-state index contributed by atoms with van der Waals surface area (Å²) in [7, 11) is 0. The lowest BCUT2D eigenvalue weighted by Crippen LogP contribution is -2.20. The van der Waals surface area contributed by atoms with Crippen molar-refractivity contribution in [3.8, 4) is 0 Å². The Morgan fingerprint density at radius 1 is 1.04 bits per heavy atom. The first-order valence-corrected chi connectivity index (χ1v) is 8.67. The first-order chi connectivity index (χ1) is 11.7. The molecule has 3 rings (SSSR count). The van der Waals surface area contributed by atoms with Crippen LogP contribution in [0.5, 0.6) is 0 Å².